The molecule has 0 spiro atoms. The van der Waals surface area contributed by atoms with Gasteiger partial charge < -0.3 is 10.8 Å². The number of hydrogen-bond donors (Lipinski definition) is 2. The molecule has 0 bridgehead atoms. The Morgan fingerprint density at radius 2 is 1.95 bits per heavy atom. The Balaban J connectivity index is 2.30. The third-order valence-electron chi connectivity index (χ3n) is 3.62. The van der Waals surface area contributed by atoms with Crippen LogP contribution in [0.1, 0.15) is 19.8 Å². The monoisotopic (exact) mass is 315 g/mol. The highest BCUT2D eigenvalue weighted by Gasteiger charge is 2.35. The van der Waals surface area contributed by atoms with E-state index in [2.05, 4.69) is 0 Å². The predicted octanol–water partition coefficient (Wildman–Crippen LogP) is 0.713. The van der Waals surface area contributed by atoms with Crippen molar-refractivity contribution < 1.29 is 18.4 Å². The summed E-state index contributed by atoms with van der Waals surface area (Å²) >= 11 is 0. The molecule has 1 aromatic rings. The van der Waals surface area contributed by atoms with Crippen LogP contribution in [-0.4, -0.2) is 41.4 Å². The number of aliphatic hydroxyl groups is 1. The summed E-state index contributed by atoms with van der Waals surface area (Å²) < 4.78 is 26.2. The molecule has 0 aromatic heterocycles. The molecule has 0 unspecified atom stereocenters. The summed E-state index contributed by atoms with van der Waals surface area (Å²) in [5, 5.41) is 20.5. The number of rotatable bonds is 3. The number of hydrogen-bond acceptors (Lipinski definition) is 6. The van der Waals surface area contributed by atoms with Crippen LogP contribution in [0.4, 0.5) is 11.4 Å². The van der Waals surface area contributed by atoms with Crippen molar-refractivity contribution in [2.75, 3.05) is 18.8 Å². The molecule has 1 aliphatic rings. The molecular weight excluding hydrogens is 298 g/mol. The summed E-state index contributed by atoms with van der Waals surface area (Å²) in [5.41, 5.74) is 4.37. The second kappa shape index (κ2) is 5.24. The number of non-ortho nitro benzene ring substituents is 1. The Hall–Kier alpha value is -1.71. The average Bonchev–Trinajstić information content (AvgIpc) is 2.37. The summed E-state index contributed by atoms with van der Waals surface area (Å²) in [4.78, 5) is 9.87. The molecule has 21 heavy (non-hydrogen) atoms. The zero-order valence-electron chi connectivity index (χ0n) is 11.5. The number of piperidine rings is 1. The van der Waals surface area contributed by atoms with Gasteiger partial charge in [0.05, 0.1) is 16.2 Å². The third kappa shape index (κ3) is 3.14. The molecule has 8 nitrogen and oxygen atoms in total. The fourth-order valence-corrected chi connectivity index (χ4v) is 3.77. The molecule has 3 N–H and O–H groups in total. The molecule has 9 heteroatoms. The molecule has 116 valence electrons. The molecular formula is C12H17N3O5S. The highest BCUT2D eigenvalue weighted by molar-refractivity contribution is 7.89. The first-order valence-electron chi connectivity index (χ1n) is 6.40. The Kier molecular flexibility index (Phi) is 3.91. The average molecular weight is 315 g/mol. The SMILES string of the molecule is CC1(O)CCN(S(=O)(=O)c2ccc([N+](=O)[O-])cc2N)CC1. The normalized spacial score (nSPS) is 19.3. The topological polar surface area (TPSA) is 127 Å². The van der Waals surface area contributed by atoms with Gasteiger partial charge in [-0.3, -0.25) is 10.1 Å². The van der Waals surface area contributed by atoms with Crippen molar-refractivity contribution in [3.8, 4) is 0 Å². The molecule has 1 aliphatic heterocycles. The molecule has 0 saturated carbocycles. The van der Waals surface area contributed by atoms with Crippen molar-refractivity contribution in [3.05, 3.63) is 28.3 Å². The van der Waals surface area contributed by atoms with E-state index in [-0.39, 0.29) is 29.4 Å². The first kappa shape index (κ1) is 15.7. The Bertz CT molecular complexity index is 661. The van der Waals surface area contributed by atoms with E-state index in [1.54, 1.807) is 6.92 Å². The molecule has 0 aliphatic carbocycles. The summed E-state index contributed by atoms with van der Waals surface area (Å²) in [6.07, 6.45) is 0.665. The Labute approximate surface area is 122 Å². The van der Waals surface area contributed by atoms with Crippen LogP contribution in [0.5, 0.6) is 0 Å². The molecule has 1 saturated heterocycles. The molecule has 0 amide bonds. The number of benzene rings is 1. The van der Waals surface area contributed by atoms with Gasteiger partial charge in [-0.1, -0.05) is 0 Å². The lowest BCUT2D eigenvalue weighted by atomic mass is 9.95. The third-order valence-corrected chi connectivity index (χ3v) is 5.59. The van der Waals surface area contributed by atoms with Crippen molar-refractivity contribution in [2.24, 2.45) is 0 Å². The summed E-state index contributed by atoms with van der Waals surface area (Å²) in [5.74, 6) is 0. The van der Waals surface area contributed by atoms with Gasteiger partial charge in [-0.15, -0.1) is 0 Å². The van der Waals surface area contributed by atoms with Crippen LogP contribution in [-0.2, 0) is 10.0 Å². The largest absolute Gasteiger partial charge is 0.397 e. The molecule has 0 atom stereocenters. The maximum atomic E-state index is 12.5. The van der Waals surface area contributed by atoms with E-state index < -0.39 is 20.5 Å². The van der Waals surface area contributed by atoms with Gasteiger partial charge in [0.25, 0.3) is 5.69 Å². The summed E-state index contributed by atoms with van der Waals surface area (Å²) in [6.45, 7) is 2.04. The van der Waals surface area contributed by atoms with Crippen LogP contribution >= 0.6 is 0 Å². The number of anilines is 1. The quantitative estimate of drug-likeness (QED) is 0.480. The van der Waals surface area contributed by atoms with Crippen LogP contribution in [0.2, 0.25) is 0 Å². The van der Waals surface area contributed by atoms with Crippen LogP contribution in [0.25, 0.3) is 0 Å². The number of nitrogens with two attached hydrogens (primary N) is 1. The summed E-state index contributed by atoms with van der Waals surface area (Å²) in [6, 6.07) is 3.30. The first-order valence-corrected chi connectivity index (χ1v) is 7.84. The maximum Gasteiger partial charge on any atom is 0.271 e. The summed E-state index contributed by atoms with van der Waals surface area (Å²) in [7, 11) is -3.81. The fourth-order valence-electron chi connectivity index (χ4n) is 2.23. The van der Waals surface area contributed by atoms with Gasteiger partial charge in [-0.25, -0.2) is 8.42 Å². The number of sulfonamides is 1. The highest BCUT2D eigenvalue weighted by atomic mass is 32.2. The van der Waals surface area contributed by atoms with E-state index >= 15 is 0 Å². The van der Waals surface area contributed by atoms with Crippen molar-refractivity contribution in [1.82, 2.24) is 4.31 Å². The van der Waals surface area contributed by atoms with Crippen LogP contribution in [0, 0.1) is 10.1 Å². The van der Waals surface area contributed by atoms with E-state index in [4.69, 9.17) is 5.73 Å². The van der Waals surface area contributed by atoms with E-state index in [9.17, 15) is 23.6 Å². The lowest BCUT2D eigenvalue weighted by molar-refractivity contribution is -0.384. The molecule has 2 rings (SSSR count). The van der Waals surface area contributed by atoms with Gasteiger partial charge in [0, 0.05) is 25.2 Å². The van der Waals surface area contributed by atoms with Gasteiger partial charge in [0.15, 0.2) is 0 Å². The lowest BCUT2D eigenvalue weighted by Crippen LogP contribution is -2.45. The van der Waals surface area contributed by atoms with Crippen LogP contribution in [0.15, 0.2) is 23.1 Å². The minimum Gasteiger partial charge on any atom is -0.397 e. The standard InChI is InChI=1S/C12H17N3O5S/c1-12(16)4-6-14(7-5-12)21(19,20)11-3-2-9(15(17)18)8-10(11)13/h2-3,8,16H,4-7,13H2,1H3. The second-order valence-electron chi connectivity index (χ2n) is 5.38. The van der Waals surface area contributed by atoms with Gasteiger partial charge in [-0.05, 0) is 25.8 Å². The number of nitrogens with zero attached hydrogens (tertiary/aromatic N) is 2. The van der Waals surface area contributed by atoms with Crippen LogP contribution in [0.3, 0.4) is 0 Å². The van der Waals surface area contributed by atoms with Gasteiger partial charge >= 0.3 is 0 Å². The Morgan fingerprint density at radius 1 is 1.38 bits per heavy atom. The van der Waals surface area contributed by atoms with Crippen molar-refractivity contribution in [2.45, 2.75) is 30.3 Å². The van der Waals surface area contributed by atoms with E-state index in [0.29, 0.717) is 12.8 Å². The highest BCUT2D eigenvalue weighted by Crippen LogP contribution is 2.30. The number of nitrogen functional groups attached to an aromatic ring is 1. The van der Waals surface area contributed by atoms with Gasteiger partial charge in [-0.2, -0.15) is 4.31 Å². The molecule has 1 fully saturated rings. The minimum absolute atomic E-state index is 0.144. The number of nitro benzene ring substituents is 1. The smallest absolute Gasteiger partial charge is 0.271 e. The zero-order valence-corrected chi connectivity index (χ0v) is 12.3. The lowest BCUT2D eigenvalue weighted by Gasteiger charge is -2.35. The Morgan fingerprint density at radius 3 is 2.43 bits per heavy atom. The van der Waals surface area contributed by atoms with Crippen molar-refractivity contribution in [1.29, 1.82) is 0 Å². The van der Waals surface area contributed by atoms with Crippen molar-refractivity contribution >= 4 is 21.4 Å². The number of nitro groups is 1. The van der Waals surface area contributed by atoms with Gasteiger partial charge in [0.2, 0.25) is 10.0 Å². The molecule has 0 radical (unpaired) electrons. The zero-order chi connectivity index (χ0) is 15.8. The second-order valence-corrected chi connectivity index (χ2v) is 7.29. The van der Waals surface area contributed by atoms with Crippen LogP contribution < -0.4 is 5.73 Å². The fraction of sp³-hybridized carbons (Fsp3) is 0.500. The van der Waals surface area contributed by atoms with Gasteiger partial charge in [0.1, 0.15) is 4.90 Å². The minimum atomic E-state index is -3.81. The van der Waals surface area contributed by atoms with E-state index in [1.807, 2.05) is 0 Å². The first-order chi connectivity index (χ1) is 9.63. The maximum absolute atomic E-state index is 12.5. The van der Waals surface area contributed by atoms with E-state index in [1.165, 1.54) is 4.31 Å². The van der Waals surface area contributed by atoms with E-state index in [0.717, 1.165) is 18.2 Å². The molecule has 1 heterocycles. The van der Waals surface area contributed by atoms with Crippen molar-refractivity contribution in [3.63, 3.8) is 0 Å². The predicted molar refractivity (Wildman–Crippen MR) is 76.1 cm³/mol. The molecule has 1 aromatic carbocycles.